The van der Waals surface area contributed by atoms with Gasteiger partial charge in [0.25, 0.3) is 11.5 Å². The zero-order valence-corrected chi connectivity index (χ0v) is 21.5. The van der Waals surface area contributed by atoms with Gasteiger partial charge in [0.15, 0.2) is 5.75 Å². The van der Waals surface area contributed by atoms with Gasteiger partial charge in [-0.25, -0.2) is 4.39 Å². The molecule has 0 aliphatic rings. The Morgan fingerprint density at radius 1 is 1.14 bits per heavy atom. The van der Waals surface area contributed by atoms with Crippen molar-refractivity contribution in [1.29, 1.82) is 0 Å². The van der Waals surface area contributed by atoms with Crippen molar-refractivity contribution in [2.75, 3.05) is 26.2 Å². The molecule has 1 aromatic carbocycles. The van der Waals surface area contributed by atoms with E-state index in [1.807, 2.05) is 13.8 Å². The summed E-state index contributed by atoms with van der Waals surface area (Å²) in [6.45, 7) is 7.51. The lowest BCUT2D eigenvalue weighted by Gasteiger charge is -2.23. The predicted octanol–water partition coefficient (Wildman–Crippen LogP) is 2.45. The van der Waals surface area contributed by atoms with Crippen LogP contribution in [0.25, 0.3) is 11.0 Å². The van der Waals surface area contributed by atoms with Crippen LogP contribution in [0, 0.1) is 11.2 Å². The molecule has 0 bridgehead atoms. The summed E-state index contributed by atoms with van der Waals surface area (Å²) in [4.78, 5) is 45.4. The first-order chi connectivity index (χ1) is 17.5. The van der Waals surface area contributed by atoms with Crippen molar-refractivity contribution < 1.29 is 24.2 Å². The predicted molar refractivity (Wildman–Crippen MR) is 138 cm³/mol. The van der Waals surface area contributed by atoms with Crippen molar-refractivity contribution in [3.63, 3.8) is 0 Å². The summed E-state index contributed by atoms with van der Waals surface area (Å²) in [5.41, 5.74) is -0.312. The summed E-state index contributed by atoms with van der Waals surface area (Å²) in [6, 6.07) is 7.60. The Labute approximate surface area is 214 Å². The van der Waals surface area contributed by atoms with Crippen molar-refractivity contribution in [3.8, 4) is 5.75 Å². The average Bonchev–Trinajstić information content (AvgIpc) is 2.87. The van der Waals surface area contributed by atoms with Crippen LogP contribution >= 0.6 is 0 Å². The van der Waals surface area contributed by atoms with Gasteiger partial charge in [-0.3, -0.25) is 23.9 Å². The second-order valence-corrected chi connectivity index (χ2v) is 9.70. The van der Waals surface area contributed by atoms with E-state index < -0.39 is 28.2 Å². The molecular formula is C27H33FN4O5. The number of aliphatic hydroxyl groups excluding tert-OH is 1. The minimum absolute atomic E-state index is 0.00127. The van der Waals surface area contributed by atoms with Gasteiger partial charge < -0.3 is 20.4 Å². The molecule has 0 unspecified atom stereocenters. The molecular weight excluding hydrogens is 479 g/mol. The van der Waals surface area contributed by atoms with E-state index in [0.717, 1.165) is 10.1 Å². The van der Waals surface area contributed by atoms with Gasteiger partial charge in [0.2, 0.25) is 5.91 Å². The summed E-state index contributed by atoms with van der Waals surface area (Å²) >= 11 is 0. The third-order valence-electron chi connectivity index (χ3n) is 6.25. The number of likely N-dealkylation sites (N-methyl/N-ethyl adjacent to an activating group) is 1. The van der Waals surface area contributed by atoms with Crippen LogP contribution in [0.2, 0.25) is 0 Å². The molecule has 3 aromatic rings. The number of carbonyl (C=O) groups excluding carboxylic acids is 2. The molecule has 0 saturated heterocycles. The van der Waals surface area contributed by atoms with Crippen molar-refractivity contribution in [2.45, 2.75) is 40.7 Å². The molecule has 37 heavy (non-hydrogen) atoms. The van der Waals surface area contributed by atoms with Gasteiger partial charge in [-0.05, 0) is 49.6 Å². The summed E-state index contributed by atoms with van der Waals surface area (Å²) in [7, 11) is 0. The zero-order chi connectivity index (χ0) is 27.3. The highest BCUT2D eigenvalue weighted by molar-refractivity contribution is 6.01. The van der Waals surface area contributed by atoms with E-state index in [1.165, 1.54) is 18.3 Å². The topological polar surface area (TPSA) is 125 Å². The Hall–Kier alpha value is -3.79. The Morgan fingerprint density at radius 3 is 2.38 bits per heavy atom. The van der Waals surface area contributed by atoms with Gasteiger partial charge in [-0.1, -0.05) is 26.0 Å². The number of carbonyl (C=O) groups is 2. The third-order valence-corrected chi connectivity index (χ3v) is 6.25. The van der Waals surface area contributed by atoms with E-state index in [2.05, 4.69) is 10.3 Å². The Bertz CT molecular complexity index is 1350. The Balaban J connectivity index is 2.13. The summed E-state index contributed by atoms with van der Waals surface area (Å²) in [5.74, 6) is -2.09. The molecule has 0 atom stereocenters. The van der Waals surface area contributed by atoms with E-state index >= 15 is 0 Å². The summed E-state index contributed by atoms with van der Waals surface area (Å²) in [6.07, 6.45) is 1.88. The maximum atomic E-state index is 13.5. The Kier molecular flexibility index (Phi) is 8.65. The van der Waals surface area contributed by atoms with Crippen LogP contribution < -0.4 is 10.9 Å². The highest BCUT2D eigenvalue weighted by Gasteiger charge is 2.26. The fourth-order valence-corrected chi connectivity index (χ4v) is 3.92. The van der Waals surface area contributed by atoms with Crippen LogP contribution in [0.15, 0.2) is 41.3 Å². The monoisotopic (exact) mass is 512 g/mol. The highest BCUT2D eigenvalue weighted by Crippen LogP contribution is 2.26. The number of nitrogens with one attached hydrogen (secondary N) is 1. The number of aromatic nitrogens is 2. The molecule has 0 aliphatic heterocycles. The number of amides is 2. The number of rotatable bonds is 10. The summed E-state index contributed by atoms with van der Waals surface area (Å²) in [5, 5.41) is 23.0. The molecule has 9 nitrogen and oxygen atoms in total. The molecule has 2 heterocycles. The SMILES string of the molecule is CCN(CC)C(=O)Cn1c(=O)c(C(=O)NCC(C)(C)CO)c(O)c2ncc(Cc3ccc(F)cc3)cc21. The van der Waals surface area contributed by atoms with Crippen molar-refractivity contribution >= 4 is 22.8 Å². The fraction of sp³-hybridized carbons (Fsp3) is 0.407. The van der Waals surface area contributed by atoms with Crippen LogP contribution in [0.1, 0.15) is 49.2 Å². The summed E-state index contributed by atoms with van der Waals surface area (Å²) < 4.78 is 14.5. The van der Waals surface area contributed by atoms with E-state index in [0.29, 0.717) is 25.1 Å². The molecule has 0 saturated carbocycles. The second-order valence-electron chi connectivity index (χ2n) is 9.70. The maximum absolute atomic E-state index is 13.5. The van der Waals surface area contributed by atoms with E-state index in [9.17, 15) is 29.0 Å². The minimum Gasteiger partial charge on any atom is -0.505 e. The molecule has 10 heteroatoms. The van der Waals surface area contributed by atoms with Crippen molar-refractivity contribution in [2.24, 2.45) is 5.41 Å². The quantitative estimate of drug-likeness (QED) is 0.383. The average molecular weight is 513 g/mol. The lowest BCUT2D eigenvalue weighted by Crippen LogP contribution is -2.41. The second kappa shape index (κ2) is 11.5. The van der Waals surface area contributed by atoms with E-state index in [4.69, 9.17) is 0 Å². The van der Waals surface area contributed by atoms with Gasteiger partial charge in [-0.15, -0.1) is 0 Å². The van der Waals surface area contributed by atoms with E-state index in [1.54, 1.807) is 36.9 Å². The lowest BCUT2D eigenvalue weighted by atomic mass is 9.95. The molecule has 3 rings (SSSR count). The molecule has 0 spiro atoms. The smallest absolute Gasteiger partial charge is 0.268 e. The zero-order valence-electron chi connectivity index (χ0n) is 21.5. The van der Waals surface area contributed by atoms with Gasteiger partial charge in [0.05, 0.1) is 5.52 Å². The number of hydrogen-bond acceptors (Lipinski definition) is 6. The van der Waals surface area contributed by atoms with Crippen LogP contribution in [0.3, 0.4) is 0 Å². The van der Waals surface area contributed by atoms with Gasteiger partial charge in [0, 0.05) is 37.9 Å². The van der Waals surface area contributed by atoms with Crippen LogP contribution in [0.5, 0.6) is 5.75 Å². The molecule has 2 aromatic heterocycles. The molecule has 0 radical (unpaired) electrons. The van der Waals surface area contributed by atoms with E-state index in [-0.39, 0.29) is 42.5 Å². The standard InChI is InChI=1S/C27H33FN4O5/c1-5-31(6-2)21(34)14-32-20-12-18(11-17-7-9-19(28)10-8-17)13-29-23(20)24(35)22(26(32)37)25(36)30-15-27(3,4)16-33/h7-10,12-13,33,35H,5-6,11,14-16H2,1-4H3,(H,30,36). The number of fused-ring (bicyclic) bond motifs is 1. The number of aromatic hydroxyl groups is 1. The molecule has 3 N–H and O–H groups in total. The third kappa shape index (κ3) is 6.32. The highest BCUT2D eigenvalue weighted by atomic mass is 19.1. The maximum Gasteiger partial charge on any atom is 0.268 e. The molecule has 2 amide bonds. The first kappa shape index (κ1) is 27.8. The number of halogens is 1. The number of aliphatic hydroxyl groups is 1. The molecule has 198 valence electrons. The number of pyridine rings is 2. The van der Waals surface area contributed by atoms with Crippen molar-refractivity contribution in [1.82, 2.24) is 19.8 Å². The van der Waals surface area contributed by atoms with Gasteiger partial charge in [0.1, 0.15) is 23.4 Å². The number of nitrogens with zero attached hydrogens (tertiary/aromatic N) is 3. The first-order valence-electron chi connectivity index (χ1n) is 12.2. The normalized spacial score (nSPS) is 11.5. The Morgan fingerprint density at radius 2 is 1.78 bits per heavy atom. The fourth-order valence-electron chi connectivity index (χ4n) is 3.92. The van der Waals surface area contributed by atoms with Crippen molar-refractivity contribution in [3.05, 3.63) is 69.4 Å². The number of hydrogen-bond donors (Lipinski definition) is 3. The lowest BCUT2D eigenvalue weighted by molar-refractivity contribution is -0.131. The molecule has 0 fully saturated rings. The van der Waals surface area contributed by atoms with Gasteiger partial charge >= 0.3 is 0 Å². The van der Waals surface area contributed by atoms with Gasteiger partial charge in [-0.2, -0.15) is 0 Å². The molecule has 0 aliphatic carbocycles. The minimum atomic E-state index is -0.828. The van der Waals surface area contributed by atoms with Crippen LogP contribution in [-0.4, -0.2) is 62.7 Å². The number of benzene rings is 1. The largest absolute Gasteiger partial charge is 0.505 e. The van der Waals surface area contributed by atoms with Crippen LogP contribution in [0.4, 0.5) is 4.39 Å². The first-order valence-corrected chi connectivity index (χ1v) is 12.2. The van der Waals surface area contributed by atoms with Crippen LogP contribution in [-0.2, 0) is 17.8 Å².